The average Bonchev–Trinajstić information content (AvgIpc) is 2.38. The third-order valence-electron chi connectivity index (χ3n) is 3.62. The van der Waals surface area contributed by atoms with E-state index in [1.54, 1.807) is 0 Å². The molecule has 2 N–H and O–H groups in total. The Bertz CT molecular complexity index is 360. The van der Waals surface area contributed by atoms with Crippen molar-refractivity contribution in [1.82, 2.24) is 5.32 Å². The van der Waals surface area contributed by atoms with E-state index in [9.17, 15) is 0 Å². The third kappa shape index (κ3) is 4.84. The number of hydrogen-bond donors (Lipinski definition) is 2. The Hall–Kier alpha value is -1.06. The van der Waals surface area contributed by atoms with Gasteiger partial charge >= 0.3 is 0 Å². The van der Waals surface area contributed by atoms with Gasteiger partial charge in [-0.05, 0) is 37.0 Å². The fourth-order valence-corrected chi connectivity index (χ4v) is 2.23. The smallest absolute Gasteiger partial charge is 0.0445 e. The summed E-state index contributed by atoms with van der Waals surface area (Å²) in [5, 5.41) is 12.7. The fourth-order valence-electron chi connectivity index (χ4n) is 2.23. The van der Waals surface area contributed by atoms with Gasteiger partial charge in [-0.2, -0.15) is 0 Å². The molecule has 19 heavy (non-hydrogen) atoms. The molecule has 0 heterocycles. The fraction of sp³-hybridized carbons (Fsp3) is 0.625. The van der Waals surface area contributed by atoms with Gasteiger partial charge in [-0.25, -0.2) is 0 Å². The van der Waals surface area contributed by atoms with E-state index >= 15 is 0 Å². The molecule has 3 heteroatoms. The van der Waals surface area contributed by atoms with Crippen molar-refractivity contribution in [3.8, 4) is 0 Å². The van der Waals surface area contributed by atoms with E-state index in [4.69, 9.17) is 5.11 Å². The van der Waals surface area contributed by atoms with E-state index in [2.05, 4.69) is 55.3 Å². The minimum absolute atomic E-state index is 0.238. The van der Waals surface area contributed by atoms with E-state index in [0.717, 1.165) is 6.42 Å². The van der Waals surface area contributed by atoms with Crippen LogP contribution in [0.5, 0.6) is 0 Å². The van der Waals surface area contributed by atoms with Gasteiger partial charge in [-0.15, -0.1) is 0 Å². The molecule has 0 aliphatic rings. The Morgan fingerprint density at radius 2 is 1.68 bits per heavy atom. The molecule has 108 valence electrons. The van der Waals surface area contributed by atoms with Crippen LogP contribution in [0.15, 0.2) is 24.3 Å². The Kier molecular flexibility index (Phi) is 6.32. The molecule has 0 fully saturated rings. The van der Waals surface area contributed by atoms with Crippen molar-refractivity contribution < 1.29 is 5.11 Å². The highest BCUT2D eigenvalue weighted by atomic mass is 16.3. The first kappa shape index (κ1) is 16.0. The summed E-state index contributed by atoms with van der Waals surface area (Å²) in [6.07, 6.45) is 0.803. The summed E-state index contributed by atoms with van der Waals surface area (Å²) in [7, 11) is 4.10. The first-order valence-corrected chi connectivity index (χ1v) is 7.10. The Balaban J connectivity index is 2.68. The lowest BCUT2D eigenvalue weighted by atomic mass is 9.98. The molecule has 2 unspecified atom stereocenters. The zero-order chi connectivity index (χ0) is 14.4. The van der Waals surface area contributed by atoms with Gasteiger partial charge in [-0.3, -0.25) is 0 Å². The molecular weight excluding hydrogens is 236 g/mol. The minimum Gasteiger partial charge on any atom is -0.396 e. The second kappa shape index (κ2) is 7.51. The van der Waals surface area contributed by atoms with Crippen molar-refractivity contribution in [1.29, 1.82) is 0 Å². The standard InChI is InChI=1S/C16H28N2O/c1-12(2)16(10-11-19)17-13(3)14-6-8-15(9-7-14)18(4)5/h6-9,12-13,16-17,19H,10-11H2,1-5H3. The predicted octanol–water partition coefficient (Wildman–Crippen LogP) is 2.81. The molecule has 0 saturated heterocycles. The number of benzene rings is 1. The number of nitrogens with one attached hydrogen (secondary N) is 1. The molecule has 0 aliphatic carbocycles. The van der Waals surface area contributed by atoms with Crippen LogP contribution in [0.3, 0.4) is 0 Å². The maximum Gasteiger partial charge on any atom is 0.0445 e. The number of nitrogens with zero attached hydrogens (tertiary/aromatic N) is 1. The summed E-state index contributed by atoms with van der Waals surface area (Å²) in [4.78, 5) is 2.10. The van der Waals surface area contributed by atoms with Gasteiger partial charge in [0.15, 0.2) is 0 Å². The molecule has 0 aliphatic heterocycles. The molecule has 0 bridgehead atoms. The van der Waals surface area contributed by atoms with Crippen molar-refractivity contribution >= 4 is 5.69 Å². The summed E-state index contributed by atoms with van der Waals surface area (Å²) in [5.41, 5.74) is 2.50. The average molecular weight is 264 g/mol. The highest BCUT2D eigenvalue weighted by Crippen LogP contribution is 2.19. The normalized spacial score (nSPS) is 14.5. The molecule has 1 aromatic carbocycles. The second-order valence-electron chi connectivity index (χ2n) is 5.74. The summed E-state index contributed by atoms with van der Waals surface area (Å²) in [6, 6.07) is 9.28. The van der Waals surface area contributed by atoms with Crippen LogP contribution in [0.2, 0.25) is 0 Å². The van der Waals surface area contributed by atoms with Crippen LogP contribution in [0, 0.1) is 5.92 Å². The molecule has 1 rings (SSSR count). The van der Waals surface area contributed by atoms with Gasteiger partial charge < -0.3 is 15.3 Å². The number of aliphatic hydroxyl groups is 1. The molecule has 0 saturated carbocycles. The van der Waals surface area contributed by atoms with E-state index in [1.807, 2.05) is 14.1 Å². The van der Waals surface area contributed by atoms with E-state index < -0.39 is 0 Å². The van der Waals surface area contributed by atoms with Crippen LogP contribution >= 0.6 is 0 Å². The van der Waals surface area contributed by atoms with Crippen molar-refractivity contribution in [2.75, 3.05) is 25.6 Å². The summed E-state index contributed by atoms with van der Waals surface area (Å²) in [5.74, 6) is 0.524. The number of anilines is 1. The van der Waals surface area contributed by atoms with E-state index in [0.29, 0.717) is 18.0 Å². The summed E-state index contributed by atoms with van der Waals surface area (Å²) >= 11 is 0. The Morgan fingerprint density at radius 1 is 1.11 bits per heavy atom. The van der Waals surface area contributed by atoms with Crippen LogP contribution < -0.4 is 10.2 Å². The summed E-state index contributed by atoms with van der Waals surface area (Å²) in [6.45, 7) is 6.80. The molecule has 0 aromatic heterocycles. The number of aliphatic hydroxyl groups excluding tert-OH is 1. The van der Waals surface area contributed by atoms with Crippen LogP contribution in [-0.4, -0.2) is 31.9 Å². The molecule has 0 amide bonds. The lowest BCUT2D eigenvalue weighted by Gasteiger charge is -2.26. The number of rotatable bonds is 7. The van der Waals surface area contributed by atoms with Gasteiger partial charge in [0.1, 0.15) is 0 Å². The molecule has 0 radical (unpaired) electrons. The first-order valence-electron chi connectivity index (χ1n) is 7.10. The largest absolute Gasteiger partial charge is 0.396 e. The SMILES string of the molecule is CC(NC(CCO)C(C)C)c1ccc(N(C)C)cc1. The van der Waals surface area contributed by atoms with Gasteiger partial charge in [0.05, 0.1) is 0 Å². The van der Waals surface area contributed by atoms with Crippen LogP contribution in [0.4, 0.5) is 5.69 Å². The minimum atomic E-state index is 0.238. The zero-order valence-corrected chi connectivity index (χ0v) is 12.9. The maximum absolute atomic E-state index is 9.12. The second-order valence-corrected chi connectivity index (χ2v) is 5.74. The molecule has 2 atom stereocenters. The first-order chi connectivity index (χ1) is 8.95. The highest BCUT2D eigenvalue weighted by molar-refractivity contribution is 5.46. The molecular formula is C16H28N2O. The molecule has 3 nitrogen and oxygen atoms in total. The van der Waals surface area contributed by atoms with Gasteiger partial charge in [0, 0.05) is 38.5 Å². The van der Waals surface area contributed by atoms with Crippen LogP contribution in [0.1, 0.15) is 38.8 Å². The van der Waals surface area contributed by atoms with Crippen molar-refractivity contribution in [3.63, 3.8) is 0 Å². The van der Waals surface area contributed by atoms with Crippen LogP contribution in [0.25, 0.3) is 0 Å². The maximum atomic E-state index is 9.12. The van der Waals surface area contributed by atoms with Crippen LogP contribution in [-0.2, 0) is 0 Å². The molecule has 0 spiro atoms. The third-order valence-corrected chi connectivity index (χ3v) is 3.62. The van der Waals surface area contributed by atoms with Crippen molar-refractivity contribution in [2.24, 2.45) is 5.92 Å². The molecule has 1 aromatic rings. The highest BCUT2D eigenvalue weighted by Gasteiger charge is 2.16. The van der Waals surface area contributed by atoms with Crippen molar-refractivity contribution in [2.45, 2.75) is 39.3 Å². The van der Waals surface area contributed by atoms with Gasteiger partial charge in [0.2, 0.25) is 0 Å². The monoisotopic (exact) mass is 264 g/mol. The van der Waals surface area contributed by atoms with E-state index in [-0.39, 0.29) is 6.61 Å². The quantitative estimate of drug-likeness (QED) is 0.795. The lowest BCUT2D eigenvalue weighted by molar-refractivity contribution is 0.237. The predicted molar refractivity (Wildman–Crippen MR) is 82.6 cm³/mol. The van der Waals surface area contributed by atoms with E-state index in [1.165, 1.54) is 11.3 Å². The number of hydrogen-bond acceptors (Lipinski definition) is 3. The lowest BCUT2D eigenvalue weighted by Crippen LogP contribution is -2.36. The summed E-state index contributed by atoms with van der Waals surface area (Å²) < 4.78 is 0. The Morgan fingerprint density at radius 3 is 2.11 bits per heavy atom. The Labute approximate surface area is 117 Å². The van der Waals surface area contributed by atoms with Gasteiger partial charge in [-0.1, -0.05) is 26.0 Å². The zero-order valence-electron chi connectivity index (χ0n) is 12.9. The van der Waals surface area contributed by atoms with Crippen molar-refractivity contribution in [3.05, 3.63) is 29.8 Å². The van der Waals surface area contributed by atoms with Gasteiger partial charge in [0.25, 0.3) is 0 Å². The topological polar surface area (TPSA) is 35.5 Å².